The Balaban J connectivity index is 2.54. The molecule has 0 fully saturated rings. The molecule has 13 heavy (non-hydrogen) atoms. The summed E-state index contributed by atoms with van der Waals surface area (Å²) in [5.41, 5.74) is 1.19. The lowest BCUT2D eigenvalue weighted by molar-refractivity contribution is 0.187. The van der Waals surface area contributed by atoms with Gasteiger partial charge in [0, 0.05) is 0 Å². The Bertz CT molecular complexity index is 246. The molecule has 2 heteroatoms. The molecule has 1 radical (unpaired) electrons. The van der Waals surface area contributed by atoms with Crippen LogP contribution in [0.25, 0.3) is 0 Å². The zero-order valence-electron chi connectivity index (χ0n) is 7.95. The molecule has 1 rings (SSSR count). The number of ether oxygens (including phenoxy) is 1. The van der Waals surface area contributed by atoms with Crippen LogP contribution in [-0.4, -0.2) is 13.7 Å². The molecule has 0 atom stereocenters. The van der Waals surface area contributed by atoms with Crippen molar-refractivity contribution >= 4 is 0 Å². The Morgan fingerprint density at radius 3 is 2.69 bits per heavy atom. The molecule has 0 aliphatic carbocycles. The predicted octanol–water partition coefficient (Wildman–Crippen LogP) is 2.45. The molecule has 0 spiro atoms. The quantitative estimate of drug-likeness (QED) is 0.638. The summed E-state index contributed by atoms with van der Waals surface area (Å²) >= 11 is 0. The summed E-state index contributed by atoms with van der Waals surface area (Å²) in [5, 5.41) is 10.2. The van der Waals surface area contributed by atoms with Crippen LogP contribution in [0.1, 0.15) is 18.4 Å². The van der Waals surface area contributed by atoms with Crippen LogP contribution in [0.15, 0.2) is 24.3 Å². The Hall–Kier alpha value is -1.02. The first-order valence-electron chi connectivity index (χ1n) is 4.58. The van der Waals surface area contributed by atoms with E-state index in [4.69, 9.17) is 4.74 Å². The predicted molar refractivity (Wildman–Crippen MR) is 51.5 cm³/mol. The summed E-state index contributed by atoms with van der Waals surface area (Å²) in [4.78, 5) is 0. The minimum Gasteiger partial charge on any atom is -0.496 e. The molecular weight excluding hydrogens is 164 g/mol. The van der Waals surface area contributed by atoms with Crippen LogP contribution in [0.4, 0.5) is 0 Å². The summed E-state index contributed by atoms with van der Waals surface area (Å²) in [6.07, 6.45) is 2.63. The number of aryl methyl sites for hydroxylation is 1. The number of rotatable bonds is 5. The SMILES string of the molecule is COc1ccccc1CCCC[O]. The van der Waals surface area contributed by atoms with Gasteiger partial charge in [0.05, 0.1) is 13.7 Å². The molecule has 0 amide bonds. The van der Waals surface area contributed by atoms with E-state index in [1.54, 1.807) is 7.11 Å². The van der Waals surface area contributed by atoms with Gasteiger partial charge in [-0.05, 0) is 30.9 Å². The average Bonchev–Trinajstić information content (AvgIpc) is 2.19. The minimum absolute atomic E-state index is 0.0230. The van der Waals surface area contributed by atoms with Gasteiger partial charge in [0.1, 0.15) is 5.75 Å². The molecule has 0 unspecified atom stereocenters. The third-order valence-electron chi connectivity index (χ3n) is 2.03. The highest BCUT2D eigenvalue weighted by Gasteiger charge is 2.00. The van der Waals surface area contributed by atoms with Crippen molar-refractivity contribution in [2.24, 2.45) is 0 Å². The van der Waals surface area contributed by atoms with Crippen molar-refractivity contribution in [2.75, 3.05) is 13.7 Å². The van der Waals surface area contributed by atoms with Gasteiger partial charge in [-0.15, -0.1) is 0 Å². The van der Waals surface area contributed by atoms with E-state index in [2.05, 4.69) is 0 Å². The number of hydrogen-bond acceptors (Lipinski definition) is 1. The fraction of sp³-hybridized carbons (Fsp3) is 0.455. The maximum absolute atomic E-state index is 10.2. The third-order valence-corrected chi connectivity index (χ3v) is 2.03. The second-order valence-electron chi connectivity index (χ2n) is 2.97. The van der Waals surface area contributed by atoms with Crippen LogP contribution in [0.5, 0.6) is 5.75 Å². The zero-order chi connectivity index (χ0) is 9.52. The van der Waals surface area contributed by atoms with Crippen LogP contribution in [0.2, 0.25) is 0 Å². The van der Waals surface area contributed by atoms with E-state index in [0.29, 0.717) is 0 Å². The van der Waals surface area contributed by atoms with Gasteiger partial charge < -0.3 is 4.74 Å². The van der Waals surface area contributed by atoms with Gasteiger partial charge in [0.15, 0.2) is 0 Å². The summed E-state index contributed by atoms with van der Waals surface area (Å²) in [6.45, 7) is 0.0230. The van der Waals surface area contributed by atoms with E-state index in [9.17, 15) is 5.11 Å². The smallest absolute Gasteiger partial charge is 0.122 e. The lowest BCUT2D eigenvalue weighted by atomic mass is 10.1. The van der Waals surface area contributed by atoms with Gasteiger partial charge in [-0.3, -0.25) is 0 Å². The minimum atomic E-state index is 0.0230. The third kappa shape index (κ3) is 3.07. The highest BCUT2D eigenvalue weighted by Crippen LogP contribution is 2.19. The van der Waals surface area contributed by atoms with E-state index in [1.807, 2.05) is 24.3 Å². The molecule has 0 aromatic heterocycles. The fourth-order valence-electron chi connectivity index (χ4n) is 1.33. The van der Waals surface area contributed by atoms with Crippen LogP contribution < -0.4 is 4.74 Å². The maximum Gasteiger partial charge on any atom is 0.122 e. The fourth-order valence-corrected chi connectivity index (χ4v) is 1.33. The van der Waals surface area contributed by atoms with Crippen LogP contribution in [-0.2, 0) is 11.5 Å². The van der Waals surface area contributed by atoms with Crippen LogP contribution in [0, 0.1) is 0 Å². The number of unbranched alkanes of at least 4 members (excludes halogenated alkanes) is 1. The highest BCUT2D eigenvalue weighted by molar-refractivity contribution is 5.33. The Morgan fingerprint density at radius 2 is 2.00 bits per heavy atom. The molecule has 0 saturated heterocycles. The van der Waals surface area contributed by atoms with E-state index in [0.717, 1.165) is 25.0 Å². The molecular formula is C11H15O2. The lowest BCUT2D eigenvalue weighted by Gasteiger charge is -2.06. The normalized spacial score (nSPS) is 10.0. The van der Waals surface area contributed by atoms with Crippen molar-refractivity contribution in [1.29, 1.82) is 0 Å². The molecule has 0 heterocycles. The van der Waals surface area contributed by atoms with Crippen LogP contribution in [0.3, 0.4) is 0 Å². The van der Waals surface area contributed by atoms with Gasteiger partial charge >= 0.3 is 0 Å². The Kier molecular flexibility index (Phi) is 4.33. The highest BCUT2D eigenvalue weighted by atomic mass is 16.5. The summed E-state index contributed by atoms with van der Waals surface area (Å²) in [5.74, 6) is 0.924. The van der Waals surface area contributed by atoms with Crippen molar-refractivity contribution in [3.05, 3.63) is 29.8 Å². The van der Waals surface area contributed by atoms with E-state index >= 15 is 0 Å². The Labute approximate surface area is 79.2 Å². The lowest BCUT2D eigenvalue weighted by Crippen LogP contribution is -1.92. The van der Waals surface area contributed by atoms with Gasteiger partial charge in [0.25, 0.3) is 0 Å². The topological polar surface area (TPSA) is 29.1 Å². The molecule has 71 valence electrons. The van der Waals surface area contributed by atoms with Crippen LogP contribution >= 0.6 is 0 Å². The molecule has 0 saturated carbocycles. The summed E-state index contributed by atoms with van der Waals surface area (Å²) in [7, 11) is 1.67. The van der Waals surface area contributed by atoms with Gasteiger partial charge in [-0.25, -0.2) is 5.11 Å². The van der Waals surface area contributed by atoms with Gasteiger partial charge in [-0.2, -0.15) is 0 Å². The molecule has 0 bridgehead atoms. The molecule has 2 nitrogen and oxygen atoms in total. The second-order valence-corrected chi connectivity index (χ2v) is 2.97. The zero-order valence-corrected chi connectivity index (χ0v) is 7.95. The number of methoxy groups -OCH3 is 1. The first-order chi connectivity index (χ1) is 6.38. The largest absolute Gasteiger partial charge is 0.496 e. The average molecular weight is 179 g/mol. The number of para-hydroxylation sites is 1. The van der Waals surface area contributed by atoms with Crippen molar-refractivity contribution in [3.8, 4) is 5.75 Å². The maximum atomic E-state index is 10.2. The molecule has 0 aliphatic heterocycles. The second kappa shape index (κ2) is 5.60. The van der Waals surface area contributed by atoms with Crippen molar-refractivity contribution in [2.45, 2.75) is 19.3 Å². The van der Waals surface area contributed by atoms with Crippen molar-refractivity contribution in [1.82, 2.24) is 0 Å². The van der Waals surface area contributed by atoms with Gasteiger partial charge in [0.2, 0.25) is 0 Å². The van der Waals surface area contributed by atoms with Gasteiger partial charge in [-0.1, -0.05) is 18.2 Å². The Morgan fingerprint density at radius 1 is 1.23 bits per heavy atom. The number of hydrogen-bond donors (Lipinski definition) is 0. The van der Waals surface area contributed by atoms with Crippen molar-refractivity contribution < 1.29 is 9.84 Å². The van der Waals surface area contributed by atoms with Crippen molar-refractivity contribution in [3.63, 3.8) is 0 Å². The van der Waals surface area contributed by atoms with E-state index in [-0.39, 0.29) is 6.61 Å². The monoisotopic (exact) mass is 179 g/mol. The summed E-state index contributed by atoms with van der Waals surface area (Å²) in [6, 6.07) is 7.95. The molecule has 0 aliphatic rings. The first kappa shape index (κ1) is 10.1. The standard InChI is InChI=1S/C11H15O2/c1-13-11-8-3-2-6-10(11)7-4-5-9-12/h2-3,6,8H,4-5,7,9H2,1H3. The number of benzene rings is 1. The first-order valence-corrected chi connectivity index (χ1v) is 4.58. The van der Waals surface area contributed by atoms with E-state index < -0.39 is 0 Å². The molecule has 1 aromatic carbocycles. The molecule has 1 aromatic rings. The summed E-state index contributed by atoms with van der Waals surface area (Å²) < 4.78 is 5.20. The molecule has 0 N–H and O–H groups in total. The van der Waals surface area contributed by atoms with E-state index in [1.165, 1.54) is 5.56 Å².